The van der Waals surface area contributed by atoms with Gasteiger partial charge in [-0.2, -0.15) is 0 Å². The van der Waals surface area contributed by atoms with E-state index in [1.807, 2.05) is 12.1 Å². The molecule has 3 N–H and O–H groups in total. The van der Waals surface area contributed by atoms with Gasteiger partial charge in [-0.05, 0) is 12.8 Å². The van der Waals surface area contributed by atoms with Gasteiger partial charge in [-0.1, -0.05) is 73.7 Å². The van der Waals surface area contributed by atoms with Crippen molar-refractivity contribution in [2.45, 2.75) is 43.9 Å². The third-order valence-corrected chi connectivity index (χ3v) is 5.49. The first kappa shape index (κ1) is 16.9. The van der Waals surface area contributed by atoms with Gasteiger partial charge in [-0.25, -0.2) is 0 Å². The summed E-state index contributed by atoms with van der Waals surface area (Å²) < 4.78 is 0. The van der Waals surface area contributed by atoms with Gasteiger partial charge in [0.05, 0.1) is 5.60 Å². The first-order valence-electron chi connectivity index (χ1n) is 8.96. The molecule has 2 aromatic carbocycles. The maximum Gasteiger partial charge on any atom is 0.118 e. The standard InChI is InChI=1S/C22H27NO/c1-3-15-22(24)16-20(17-11-7-5-8-12-17)23-21(19(22)4-2)18-13-9-6-10-14-18/h3,5-14,19-21,23-24H,1,4,15-16H2,2H3/p+1/t19-,20+,21-,22-/m1/s1. The highest BCUT2D eigenvalue weighted by molar-refractivity contribution is 5.23. The molecule has 2 nitrogen and oxygen atoms in total. The number of hydrogen-bond acceptors (Lipinski definition) is 1. The van der Waals surface area contributed by atoms with E-state index in [4.69, 9.17) is 0 Å². The van der Waals surface area contributed by atoms with E-state index in [9.17, 15) is 5.11 Å². The molecule has 2 heteroatoms. The minimum absolute atomic E-state index is 0.220. The normalized spacial score (nSPS) is 30.0. The molecule has 1 saturated heterocycles. The molecule has 2 aromatic rings. The Hall–Kier alpha value is -1.90. The molecule has 0 saturated carbocycles. The Kier molecular flexibility index (Phi) is 5.17. The van der Waals surface area contributed by atoms with Crippen LogP contribution in [0.4, 0.5) is 0 Å². The molecule has 3 rings (SSSR count). The maximum absolute atomic E-state index is 11.5. The van der Waals surface area contributed by atoms with Crippen molar-refractivity contribution < 1.29 is 10.4 Å². The first-order valence-corrected chi connectivity index (χ1v) is 8.96. The zero-order valence-electron chi connectivity index (χ0n) is 14.4. The molecule has 0 bridgehead atoms. The predicted molar refractivity (Wildman–Crippen MR) is 98.5 cm³/mol. The molecule has 1 fully saturated rings. The van der Waals surface area contributed by atoms with Crippen LogP contribution < -0.4 is 5.32 Å². The molecule has 1 heterocycles. The molecule has 4 atom stereocenters. The topological polar surface area (TPSA) is 36.8 Å². The summed E-state index contributed by atoms with van der Waals surface area (Å²) in [6, 6.07) is 21.7. The van der Waals surface area contributed by atoms with Crippen LogP contribution in [0.1, 0.15) is 49.4 Å². The Morgan fingerprint density at radius 1 is 1.08 bits per heavy atom. The fourth-order valence-corrected chi connectivity index (χ4v) is 4.39. The summed E-state index contributed by atoms with van der Waals surface area (Å²) in [5.41, 5.74) is 1.88. The smallest absolute Gasteiger partial charge is 0.118 e. The quantitative estimate of drug-likeness (QED) is 0.808. The van der Waals surface area contributed by atoms with E-state index in [1.165, 1.54) is 11.1 Å². The van der Waals surface area contributed by atoms with Crippen molar-refractivity contribution in [3.8, 4) is 0 Å². The fraction of sp³-hybridized carbons (Fsp3) is 0.364. The fourth-order valence-electron chi connectivity index (χ4n) is 4.39. The van der Waals surface area contributed by atoms with Crippen molar-refractivity contribution in [1.29, 1.82) is 0 Å². The lowest BCUT2D eigenvalue weighted by molar-refractivity contribution is -0.757. The van der Waals surface area contributed by atoms with Crippen molar-refractivity contribution in [2.24, 2.45) is 5.92 Å². The number of quaternary nitrogens is 1. The zero-order valence-corrected chi connectivity index (χ0v) is 14.4. The highest BCUT2D eigenvalue weighted by Gasteiger charge is 2.49. The van der Waals surface area contributed by atoms with Crippen LogP contribution in [0.15, 0.2) is 73.3 Å². The van der Waals surface area contributed by atoms with Crippen LogP contribution in [0, 0.1) is 5.92 Å². The van der Waals surface area contributed by atoms with E-state index < -0.39 is 5.60 Å². The Morgan fingerprint density at radius 3 is 2.21 bits per heavy atom. The van der Waals surface area contributed by atoms with Gasteiger partial charge < -0.3 is 10.4 Å². The van der Waals surface area contributed by atoms with Gasteiger partial charge in [0, 0.05) is 23.5 Å². The number of rotatable bonds is 5. The number of nitrogens with two attached hydrogens (primary N) is 1. The van der Waals surface area contributed by atoms with E-state index in [0.29, 0.717) is 6.42 Å². The van der Waals surface area contributed by atoms with Gasteiger partial charge in [-0.15, -0.1) is 6.58 Å². The third-order valence-electron chi connectivity index (χ3n) is 5.49. The number of piperidine rings is 1. The van der Waals surface area contributed by atoms with Crippen molar-refractivity contribution in [3.05, 3.63) is 84.4 Å². The molecule has 1 aliphatic heterocycles. The number of benzene rings is 2. The van der Waals surface area contributed by atoms with E-state index in [2.05, 4.69) is 73.4 Å². The van der Waals surface area contributed by atoms with Crippen molar-refractivity contribution in [1.82, 2.24) is 0 Å². The average Bonchev–Trinajstić information content (AvgIpc) is 2.62. The lowest BCUT2D eigenvalue weighted by Gasteiger charge is -2.46. The minimum atomic E-state index is -0.702. The summed E-state index contributed by atoms with van der Waals surface area (Å²) in [4.78, 5) is 0. The summed E-state index contributed by atoms with van der Waals surface area (Å²) in [6.07, 6.45) is 4.25. The van der Waals surface area contributed by atoms with Crippen LogP contribution in [-0.4, -0.2) is 10.7 Å². The molecule has 0 unspecified atom stereocenters. The molecule has 0 radical (unpaired) electrons. The van der Waals surface area contributed by atoms with Gasteiger partial charge in [0.2, 0.25) is 0 Å². The van der Waals surface area contributed by atoms with Crippen LogP contribution in [-0.2, 0) is 0 Å². The van der Waals surface area contributed by atoms with Gasteiger partial charge >= 0.3 is 0 Å². The van der Waals surface area contributed by atoms with Gasteiger partial charge in [0.15, 0.2) is 0 Å². The van der Waals surface area contributed by atoms with Gasteiger partial charge in [-0.3, -0.25) is 0 Å². The van der Waals surface area contributed by atoms with Crippen LogP contribution >= 0.6 is 0 Å². The number of hydrogen-bond donors (Lipinski definition) is 2. The molecule has 126 valence electrons. The van der Waals surface area contributed by atoms with E-state index >= 15 is 0 Å². The Bertz CT molecular complexity index is 654. The zero-order chi connectivity index (χ0) is 17.0. The SMILES string of the molecule is C=CC[C@@]1(O)C[C@@H](c2ccccc2)[NH2+][C@H](c2ccccc2)[C@H]1CC. The predicted octanol–water partition coefficient (Wildman–Crippen LogP) is 3.77. The van der Waals surface area contributed by atoms with Crippen molar-refractivity contribution >= 4 is 0 Å². The second kappa shape index (κ2) is 7.33. The van der Waals surface area contributed by atoms with Crippen LogP contribution in [0.5, 0.6) is 0 Å². The average molecular weight is 322 g/mol. The van der Waals surface area contributed by atoms with Crippen LogP contribution in [0.25, 0.3) is 0 Å². The highest BCUT2D eigenvalue weighted by Crippen LogP contribution is 2.42. The molecule has 0 spiro atoms. The Balaban J connectivity index is 2.00. The highest BCUT2D eigenvalue weighted by atomic mass is 16.3. The van der Waals surface area contributed by atoms with E-state index in [0.717, 1.165) is 12.8 Å². The molecule has 1 aliphatic rings. The monoisotopic (exact) mass is 322 g/mol. The molecule has 0 aromatic heterocycles. The second-order valence-corrected chi connectivity index (χ2v) is 6.96. The molecule has 0 amide bonds. The largest absolute Gasteiger partial charge is 0.389 e. The lowest BCUT2D eigenvalue weighted by atomic mass is 9.68. The van der Waals surface area contributed by atoms with Crippen LogP contribution in [0.3, 0.4) is 0 Å². The minimum Gasteiger partial charge on any atom is -0.389 e. The Labute approximate surface area is 145 Å². The summed E-state index contributed by atoms with van der Waals surface area (Å²) in [5.74, 6) is 0.220. The van der Waals surface area contributed by atoms with Gasteiger partial charge in [0.1, 0.15) is 12.1 Å². The molecular formula is C22H28NO+. The molecular weight excluding hydrogens is 294 g/mol. The van der Waals surface area contributed by atoms with Crippen LogP contribution in [0.2, 0.25) is 0 Å². The van der Waals surface area contributed by atoms with Crippen molar-refractivity contribution in [2.75, 3.05) is 0 Å². The summed E-state index contributed by atoms with van der Waals surface area (Å²) in [7, 11) is 0. The van der Waals surface area contributed by atoms with E-state index in [1.54, 1.807) is 0 Å². The lowest BCUT2D eigenvalue weighted by Crippen LogP contribution is -2.91. The van der Waals surface area contributed by atoms with E-state index in [-0.39, 0.29) is 18.0 Å². The third kappa shape index (κ3) is 3.31. The Morgan fingerprint density at radius 2 is 1.67 bits per heavy atom. The number of aliphatic hydroxyl groups is 1. The summed E-state index contributed by atoms with van der Waals surface area (Å²) >= 11 is 0. The van der Waals surface area contributed by atoms with Gasteiger partial charge in [0.25, 0.3) is 0 Å². The second-order valence-electron chi connectivity index (χ2n) is 6.96. The molecule has 0 aliphatic carbocycles. The van der Waals surface area contributed by atoms with Crippen molar-refractivity contribution in [3.63, 3.8) is 0 Å². The molecule has 24 heavy (non-hydrogen) atoms. The summed E-state index contributed by atoms with van der Waals surface area (Å²) in [5, 5.41) is 14.0. The summed E-state index contributed by atoms with van der Waals surface area (Å²) in [6.45, 7) is 6.08. The maximum atomic E-state index is 11.5. The first-order chi connectivity index (χ1) is 11.7.